The van der Waals surface area contributed by atoms with Gasteiger partial charge in [0.05, 0.1) is 0 Å². The van der Waals surface area contributed by atoms with E-state index in [1.165, 1.54) is 92.3 Å². The molecule has 0 N–H and O–H groups in total. The van der Waals surface area contributed by atoms with Crippen LogP contribution in [-0.2, 0) is 60.6 Å². The summed E-state index contributed by atoms with van der Waals surface area (Å²) >= 11 is 2.53. The Bertz CT molecular complexity index is 1400. The predicted molar refractivity (Wildman–Crippen MR) is 197 cm³/mol. The van der Waals surface area contributed by atoms with Gasteiger partial charge in [-0.2, -0.15) is 71.8 Å². The molecule has 0 saturated heterocycles. The van der Waals surface area contributed by atoms with E-state index in [9.17, 15) is 0 Å². The summed E-state index contributed by atoms with van der Waals surface area (Å²) in [5, 5.41) is 0. The van der Waals surface area contributed by atoms with E-state index in [0.717, 1.165) is 25.7 Å². The minimum atomic E-state index is 0. The number of rotatable bonds is 0. The molecular weight excluding hydrogens is 932 g/mol. The van der Waals surface area contributed by atoms with Crippen LogP contribution in [0.1, 0.15) is 62.8 Å². The third kappa shape index (κ3) is 15.2. The van der Waals surface area contributed by atoms with Crippen LogP contribution in [0, 0.1) is 24.3 Å². The van der Waals surface area contributed by atoms with Gasteiger partial charge in [-0.15, -0.1) is 48.8 Å². The van der Waals surface area contributed by atoms with Gasteiger partial charge in [0.25, 0.3) is 0 Å². The van der Waals surface area contributed by atoms with Crippen molar-refractivity contribution < 1.29 is 47.8 Å². The maximum Gasteiger partial charge on any atom is -0.0253 e. The zero-order valence-corrected chi connectivity index (χ0v) is 36.0. The van der Waals surface area contributed by atoms with Gasteiger partial charge >= 0.3 is 82.0 Å². The molecule has 0 bridgehead atoms. The molecule has 232 valence electrons. The largest absolute Gasteiger partial charge is 0.273 e. The van der Waals surface area contributed by atoms with Crippen LogP contribution in [0.4, 0.5) is 0 Å². The van der Waals surface area contributed by atoms with Crippen LogP contribution in [0.5, 0.6) is 0 Å². The number of allylic oxidation sites excluding steroid dienone is 8. The first-order valence-corrected chi connectivity index (χ1v) is 18.6. The molecule has 0 radical (unpaired) electrons. The van der Waals surface area contributed by atoms with E-state index in [-0.39, 0.29) is 24.8 Å². The molecule has 0 atom stereocenters. The van der Waals surface area contributed by atoms with Crippen molar-refractivity contribution in [2.45, 2.75) is 53.4 Å². The van der Waals surface area contributed by atoms with Crippen LogP contribution >= 0.6 is 24.8 Å². The molecule has 4 heteroatoms. The molecule has 4 aromatic rings. The van der Waals surface area contributed by atoms with Gasteiger partial charge < -0.3 is 0 Å². The number of halogens is 2. The Morgan fingerprint density at radius 1 is 0.522 bits per heavy atom. The van der Waals surface area contributed by atoms with Crippen LogP contribution in [0.2, 0.25) is 0 Å². The summed E-state index contributed by atoms with van der Waals surface area (Å²) in [6.45, 7) is 8.58. The van der Waals surface area contributed by atoms with Gasteiger partial charge in [0.1, 0.15) is 0 Å². The van der Waals surface area contributed by atoms with E-state index < -0.39 is 0 Å². The Labute approximate surface area is 319 Å². The van der Waals surface area contributed by atoms with Crippen LogP contribution in [-0.4, -0.2) is 6.51 Å². The van der Waals surface area contributed by atoms with Crippen LogP contribution in [0.25, 0.3) is 22.3 Å². The zero-order valence-electron chi connectivity index (χ0n) is 27.2. The molecular formula is C42H42Cl2Hf2. The predicted octanol–water partition coefficient (Wildman–Crippen LogP) is 11.1. The molecule has 0 aromatic heterocycles. The Morgan fingerprint density at radius 2 is 0.870 bits per heavy atom. The minimum Gasteiger partial charge on any atom is -0.273 e. The molecule has 0 heterocycles. The average molecular weight is 975 g/mol. The van der Waals surface area contributed by atoms with Gasteiger partial charge in [0.15, 0.2) is 0 Å². The summed E-state index contributed by atoms with van der Waals surface area (Å²) in [7, 11) is 0. The Balaban J connectivity index is 0.000000298. The SMILES string of the molecule is C[C](C)=[Hf+2].C[C](C)=[Hf+2].Cl.Cl.[C-]1=CC=CC1.[C-]1=CC=CC1.[c-]1cccc2c1Cc1ccccc1-2.[c-]1cccc2c1Cc1ccccc1-2. The standard InChI is InChI=1S/2C13H9.2C5H5.2C3H6.2ClH.2Hf/c2*1-3-7-12-10(5-1)9-11-6-2-4-8-13(11)12;2*1-2-4-5-3-1;2*1-3-2;;;;/h2*1-5,7-8H,9H2;2*1-3H,4H2;2*1-2H3;2*1H;;/q4*-1;;;;;2*+2. The zero-order chi connectivity index (χ0) is 31.6. The average Bonchev–Trinajstić information content (AvgIpc) is 3.85. The van der Waals surface area contributed by atoms with Crippen molar-refractivity contribution in [2.75, 3.05) is 0 Å². The molecule has 0 aliphatic heterocycles. The van der Waals surface area contributed by atoms with Gasteiger partial charge in [0.2, 0.25) is 0 Å². The number of fused-ring (bicyclic) bond motifs is 6. The van der Waals surface area contributed by atoms with E-state index in [0.29, 0.717) is 0 Å². The number of hydrogen-bond donors (Lipinski definition) is 0. The minimum absolute atomic E-state index is 0. The molecule has 0 nitrogen and oxygen atoms in total. The van der Waals surface area contributed by atoms with Crippen LogP contribution < -0.4 is 0 Å². The molecule has 4 aliphatic carbocycles. The van der Waals surface area contributed by atoms with Crippen molar-refractivity contribution in [1.29, 1.82) is 0 Å². The molecule has 0 saturated carbocycles. The number of benzene rings is 4. The van der Waals surface area contributed by atoms with Crippen molar-refractivity contribution in [3.8, 4) is 22.3 Å². The Morgan fingerprint density at radius 3 is 1.17 bits per heavy atom. The summed E-state index contributed by atoms with van der Waals surface area (Å²) in [6, 6.07) is 36.2. The van der Waals surface area contributed by atoms with Crippen molar-refractivity contribution in [3.63, 3.8) is 0 Å². The quantitative estimate of drug-likeness (QED) is 0.105. The third-order valence-corrected chi connectivity index (χ3v) is 6.40. The summed E-state index contributed by atoms with van der Waals surface area (Å²) < 4.78 is 3.11. The van der Waals surface area contributed by atoms with Gasteiger partial charge in [-0.25, -0.2) is 24.3 Å². The van der Waals surface area contributed by atoms with E-state index in [1.807, 2.05) is 36.4 Å². The molecule has 8 rings (SSSR count). The number of hydrogen-bond acceptors (Lipinski definition) is 0. The molecule has 0 fully saturated rings. The summed E-state index contributed by atoms with van der Waals surface area (Å²) in [4.78, 5) is 0. The molecule has 4 aromatic carbocycles. The van der Waals surface area contributed by atoms with Gasteiger partial charge in [0, 0.05) is 0 Å². The van der Waals surface area contributed by atoms with Crippen molar-refractivity contribution in [3.05, 3.63) is 168 Å². The van der Waals surface area contributed by atoms with E-state index in [2.05, 4.69) is 137 Å². The van der Waals surface area contributed by atoms with Gasteiger partial charge in [-0.3, -0.25) is 12.2 Å². The smallest absolute Gasteiger partial charge is 0.0253 e. The second-order valence-electron chi connectivity index (χ2n) is 10.8. The fraction of sp³-hybridized carbons (Fsp3) is 0.190. The molecule has 0 spiro atoms. The molecule has 46 heavy (non-hydrogen) atoms. The summed E-state index contributed by atoms with van der Waals surface area (Å²) in [5.41, 5.74) is 11.0. The van der Waals surface area contributed by atoms with Crippen molar-refractivity contribution in [1.82, 2.24) is 0 Å². The fourth-order valence-electron chi connectivity index (χ4n) is 4.68. The third-order valence-electron chi connectivity index (χ3n) is 6.40. The van der Waals surface area contributed by atoms with E-state index in [4.69, 9.17) is 0 Å². The second-order valence-corrected chi connectivity index (χ2v) is 18.0. The first-order valence-electron chi connectivity index (χ1n) is 15.0. The maximum atomic E-state index is 3.30. The summed E-state index contributed by atoms with van der Waals surface area (Å²) in [5.74, 6) is 0. The molecule has 0 unspecified atom stereocenters. The topological polar surface area (TPSA) is 0 Å². The van der Waals surface area contributed by atoms with Crippen LogP contribution in [0.3, 0.4) is 0 Å². The molecule has 0 amide bonds. The first-order chi connectivity index (χ1) is 21.4. The second kappa shape index (κ2) is 24.1. The van der Waals surface area contributed by atoms with Crippen molar-refractivity contribution in [2.24, 2.45) is 0 Å². The first kappa shape index (κ1) is 41.9. The van der Waals surface area contributed by atoms with Crippen molar-refractivity contribution >= 4 is 31.3 Å². The van der Waals surface area contributed by atoms with E-state index >= 15 is 0 Å². The summed E-state index contributed by atoms with van der Waals surface area (Å²) in [6.07, 6.45) is 22.1. The fourth-order valence-corrected chi connectivity index (χ4v) is 4.68. The van der Waals surface area contributed by atoms with Gasteiger partial charge in [-0.1, -0.05) is 70.8 Å². The Kier molecular flexibility index (Phi) is 22.0. The monoisotopic (exact) mass is 976 g/mol. The van der Waals surface area contributed by atoms with E-state index in [1.54, 1.807) is 6.51 Å². The van der Waals surface area contributed by atoms with Crippen LogP contribution in [0.15, 0.2) is 121 Å². The normalized spacial score (nSPS) is 12.0. The Hall–Kier alpha value is -2.10. The maximum absolute atomic E-state index is 3.30. The van der Waals surface area contributed by atoms with Gasteiger partial charge in [-0.05, 0) is 12.8 Å². The molecule has 4 aliphatic rings.